The van der Waals surface area contributed by atoms with E-state index in [9.17, 15) is 14.8 Å². The van der Waals surface area contributed by atoms with Gasteiger partial charge in [-0.3, -0.25) is 10.2 Å². The lowest BCUT2D eigenvalue weighted by Gasteiger charge is -2.11. The zero-order valence-electron chi connectivity index (χ0n) is 22.0. The lowest BCUT2D eigenvalue weighted by atomic mass is 10.2. The van der Waals surface area contributed by atoms with Crippen molar-refractivity contribution >= 4 is 46.5 Å². The van der Waals surface area contributed by atoms with E-state index in [1.807, 2.05) is 0 Å². The second-order valence-corrected chi connectivity index (χ2v) is 8.94. The second-order valence-electron chi connectivity index (χ2n) is 8.06. The molecule has 214 valence electrons. The molecular weight excluding hydrogens is 575 g/mol. The van der Waals surface area contributed by atoms with Gasteiger partial charge in [0.15, 0.2) is 5.75 Å². The Kier molecular flexibility index (Phi) is 11.0. The van der Waals surface area contributed by atoms with Crippen LogP contribution >= 0.6 is 23.2 Å². The largest absolute Gasteiger partial charge is 0.462 e. The molecule has 4 aromatic rings. The fourth-order valence-corrected chi connectivity index (χ4v) is 3.64. The highest BCUT2D eigenvalue weighted by molar-refractivity contribution is 6.30. The van der Waals surface area contributed by atoms with Crippen molar-refractivity contribution < 1.29 is 38.5 Å². The summed E-state index contributed by atoms with van der Waals surface area (Å²) in [6.45, 7) is 3.94. The third-order valence-electron chi connectivity index (χ3n) is 4.93. The number of nitrogens with zero attached hydrogens (tertiary/aromatic N) is 2. The van der Waals surface area contributed by atoms with Gasteiger partial charge in [0.2, 0.25) is 6.20 Å². The summed E-state index contributed by atoms with van der Waals surface area (Å²) in [6, 6.07) is 12.4. The Morgan fingerprint density at radius 1 is 0.780 bits per heavy atom. The van der Waals surface area contributed by atoms with Gasteiger partial charge in [-0.25, -0.2) is 9.59 Å². The Bertz CT molecular complexity index is 1520. The summed E-state index contributed by atoms with van der Waals surface area (Å²) in [5, 5.41) is 10.1. The second kappa shape index (κ2) is 14.6. The number of nitrogens with two attached hydrogens (primary N) is 2. The van der Waals surface area contributed by atoms with Crippen molar-refractivity contribution in [1.29, 1.82) is 0 Å². The summed E-state index contributed by atoms with van der Waals surface area (Å²) in [6.07, 6.45) is 5.58. The topological polar surface area (TPSA) is 160 Å². The summed E-state index contributed by atoms with van der Waals surface area (Å²) >= 11 is 11.7. The number of anilines is 2. The number of carbonyl (C=O) groups excluding carboxylic acids is 2. The molecule has 13 heteroatoms. The van der Waals surface area contributed by atoms with Gasteiger partial charge in [0.05, 0.1) is 24.4 Å². The number of ether oxygens (including phenoxy) is 4. The standard InChI is InChI=1S/C14H14ClN2O4.C14H13ClN2O3/c1-2-20-14(18)12-6-10(16)3-4-13(12)21-11-5-9(15)7-17(19)8-11;1-2-19-14(18)12-6-10(16)3-4-13(12)20-11-5-9(15)7-17-8-11/h3-8,19H,2,16H2,1H3;3-8H,2,16H2,1H3/q+1;. The number of carbonyl (C=O) groups is 2. The van der Waals surface area contributed by atoms with E-state index in [2.05, 4.69) is 4.98 Å². The van der Waals surface area contributed by atoms with Crippen LogP contribution in [0.5, 0.6) is 23.0 Å². The highest BCUT2D eigenvalue weighted by atomic mass is 35.5. The summed E-state index contributed by atoms with van der Waals surface area (Å²) in [5.41, 5.74) is 12.7. The minimum absolute atomic E-state index is 0.196. The molecule has 41 heavy (non-hydrogen) atoms. The predicted octanol–water partition coefficient (Wildman–Crippen LogP) is 5.70. The number of hydrogen-bond donors (Lipinski definition) is 3. The number of nitrogen functional groups attached to an aromatic ring is 2. The normalized spacial score (nSPS) is 10.1. The molecule has 4 rings (SSSR count). The van der Waals surface area contributed by atoms with Crippen LogP contribution in [0.2, 0.25) is 10.0 Å². The van der Waals surface area contributed by atoms with Crippen LogP contribution in [-0.2, 0) is 9.47 Å². The Morgan fingerprint density at radius 3 is 1.78 bits per heavy atom. The number of esters is 2. The number of halogens is 2. The number of rotatable bonds is 8. The quantitative estimate of drug-likeness (QED) is 0.0988. The van der Waals surface area contributed by atoms with E-state index in [0.717, 1.165) is 4.73 Å². The van der Waals surface area contributed by atoms with E-state index in [1.54, 1.807) is 44.2 Å². The van der Waals surface area contributed by atoms with Gasteiger partial charge < -0.3 is 30.4 Å². The lowest BCUT2D eigenvalue weighted by Crippen LogP contribution is -2.28. The molecule has 0 fully saturated rings. The molecule has 0 atom stereocenters. The molecule has 0 amide bonds. The summed E-state index contributed by atoms with van der Waals surface area (Å²) in [7, 11) is 0. The molecule has 0 aliphatic carbocycles. The fourth-order valence-electron chi connectivity index (χ4n) is 3.27. The molecule has 0 unspecified atom stereocenters. The molecule has 0 radical (unpaired) electrons. The fraction of sp³-hybridized carbons (Fsp3) is 0.143. The molecule has 2 aromatic carbocycles. The molecule has 2 heterocycles. The first kappa shape index (κ1) is 30.8. The average molecular weight is 602 g/mol. The van der Waals surface area contributed by atoms with Crippen molar-refractivity contribution in [2.45, 2.75) is 13.8 Å². The molecule has 0 aliphatic rings. The molecule has 0 bridgehead atoms. The molecule has 0 saturated carbocycles. The molecule has 2 aromatic heterocycles. The van der Waals surface area contributed by atoms with Gasteiger partial charge in [0.1, 0.15) is 33.4 Å². The maximum atomic E-state index is 11.9. The van der Waals surface area contributed by atoms with Crippen LogP contribution in [0.1, 0.15) is 34.6 Å². The molecule has 5 N–H and O–H groups in total. The van der Waals surface area contributed by atoms with Crippen LogP contribution < -0.4 is 25.7 Å². The Balaban J connectivity index is 0.000000226. The van der Waals surface area contributed by atoms with Gasteiger partial charge in [-0.1, -0.05) is 23.2 Å². The monoisotopic (exact) mass is 601 g/mol. The van der Waals surface area contributed by atoms with Gasteiger partial charge in [0.25, 0.3) is 6.20 Å². The minimum atomic E-state index is -0.543. The van der Waals surface area contributed by atoms with E-state index >= 15 is 0 Å². The van der Waals surface area contributed by atoms with Gasteiger partial charge >= 0.3 is 11.9 Å². The lowest BCUT2D eigenvalue weighted by molar-refractivity contribution is -0.904. The van der Waals surface area contributed by atoms with E-state index in [4.69, 9.17) is 53.6 Å². The maximum absolute atomic E-state index is 11.9. The van der Waals surface area contributed by atoms with Gasteiger partial charge in [-0.2, -0.15) is 0 Å². The number of hydrogen-bond acceptors (Lipinski definition) is 10. The first-order valence-corrected chi connectivity index (χ1v) is 12.9. The van der Waals surface area contributed by atoms with E-state index in [1.165, 1.54) is 43.0 Å². The van der Waals surface area contributed by atoms with Crippen molar-refractivity contribution in [2.75, 3.05) is 24.7 Å². The molecular formula is C28H27Cl2N4O7+. The van der Waals surface area contributed by atoms with Crippen LogP contribution in [0, 0.1) is 0 Å². The summed E-state index contributed by atoms with van der Waals surface area (Å²) in [4.78, 5) is 27.7. The third kappa shape index (κ3) is 9.16. The zero-order valence-corrected chi connectivity index (χ0v) is 23.6. The zero-order chi connectivity index (χ0) is 29.9. The third-order valence-corrected chi connectivity index (χ3v) is 5.34. The average Bonchev–Trinajstić information content (AvgIpc) is 2.91. The summed E-state index contributed by atoms with van der Waals surface area (Å²) < 4.78 is 21.9. The van der Waals surface area contributed by atoms with Crippen LogP contribution in [0.3, 0.4) is 0 Å². The Morgan fingerprint density at radius 2 is 1.29 bits per heavy atom. The van der Waals surface area contributed by atoms with Crippen LogP contribution in [0.15, 0.2) is 73.3 Å². The number of aromatic nitrogens is 2. The number of pyridine rings is 2. The van der Waals surface area contributed by atoms with Crippen molar-refractivity contribution in [3.8, 4) is 23.0 Å². The number of benzene rings is 2. The first-order valence-electron chi connectivity index (χ1n) is 12.1. The SMILES string of the molecule is CCOC(=O)c1cc(N)ccc1Oc1cc(Cl)c[n+](O)c1.CCOC(=O)c1cc(N)ccc1Oc1cncc(Cl)c1. The Hall–Kier alpha value is -4.74. The van der Waals surface area contributed by atoms with E-state index < -0.39 is 11.9 Å². The molecule has 0 spiro atoms. The Labute approximate surface area is 245 Å². The van der Waals surface area contributed by atoms with Crippen LogP contribution in [-0.4, -0.2) is 35.3 Å². The maximum Gasteiger partial charge on any atom is 0.342 e. The van der Waals surface area contributed by atoms with E-state index in [-0.39, 0.29) is 40.9 Å². The highest BCUT2D eigenvalue weighted by Crippen LogP contribution is 2.30. The van der Waals surface area contributed by atoms with Gasteiger partial charge in [-0.05, 0) is 50.2 Å². The van der Waals surface area contributed by atoms with Crippen LogP contribution in [0.4, 0.5) is 11.4 Å². The van der Waals surface area contributed by atoms with Crippen molar-refractivity contribution in [3.63, 3.8) is 0 Å². The first-order chi connectivity index (χ1) is 19.6. The molecule has 0 saturated heterocycles. The van der Waals surface area contributed by atoms with Gasteiger partial charge in [-0.15, -0.1) is 0 Å². The van der Waals surface area contributed by atoms with Crippen molar-refractivity contribution in [2.24, 2.45) is 0 Å². The van der Waals surface area contributed by atoms with Crippen molar-refractivity contribution in [1.82, 2.24) is 4.98 Å². The molecule has 11 nitrogen and oxygen atoms in total. The highest BCUT2D eigenvalue weighted by Gasteiger charge is 2.17. The van der Waals surface area contributed by atoms with E-state index in [0.29, 0.717) is 27.9 Å². The smallest absolute Gasteiger partial charge is 0.342 e. The van der Waals surface area contributed by atoms with Gasteiger partial charge in [0, 0.05) is 34.4 Å². The minimum Gasteiger partial charge on any atom is -0.462 e. The van der Waals surface area contributed by atoms with Crippen LogP contribution in [0.25, 0.3) is 0 Å². The van der Waals surface area contributed by atoms with Crippen molar-refractivity contribution in [3.05, 3.63) is 94.5 Å². The predicted molar refractivity (Wildman–Crippen MR) is 152 cm³/mol. The summed E-state index contributed by atoms with van der Waals surface area (Å²) in [5.74, 6) is 0.239. The molecule has 0 aliphatic heterocycles.